The number of rotatable bonds is 4. The first kappa shape index (κ1) is 14.6. The summed E-state index contributed by atoms with van der Waals surface area (Å²) >= 11 is 0. The molecule has 1 saturated heterocycles. The largest absolute Gasteiger partial charge is 0.493 e. The quantitative estimate of drug-likeness (QED) is 0.791. The van der Waals surface area contributed by atoms with Crippen LogP contribution in [0, 0.1) is 0 Å². The molecule has 1 aromatic rings. The molecule has 0 aromatic heterocycles. The van der Waals surface area contributed by atoms with Crippen molar-refractivity contribution in [1.29, 1.82) is 0 Å². The summed E-state index contributed by atoms with van der Waals surface area (Å²) in [5.74, 6) is 1.61. The number of nitrogens with zero attached hydrogens (tertiary/aromatic N) is 1. The number of methoxy groups -OCH3 is 1. The van der Waals surface area contributed by atoms with E-state index >= 15 is 0 Å². The summed E-state index contributed by atoms with van der Waals surface area (Å²) in [4.78, 5) is 14.1. The lowest BCUT2D eigenvalue weighted by molar-refractivity contribution is -0.117. The molecule has 0 aliphatic carbocycles. The minimum atomic E-state index is 0.216. The van der Waals surface area contributed by atoms with Gasteiger partial charge in [-0.1, -0.05) is 12.1 Å². The third-order valence-electron chi connectivity index (χ3n) is 3.37. The normalized spacial score (nSPS) is 18.4. The number of para-hydroxylation sites is 1. The minimum absolute atomic E-state index is 0.216. The molecule has 1 fully saturated rings. The number of carbonyl (C=O) groups is 1. The van der Waals surface area contributed by atoms with Crippen LogP contribution in [0.4, 0.5) is 0 Å². The van der Waals surface area contributed by atoms with Crippen LogP contribution in [-0.2, 0) is 4.79 Å². The summed E-state index contributed by atoms with van der Waals surface area (Å²) < 4.78 is 11.0. The molecule has 0 radical (unpaired) electrons. The van der Waals surface area contributed by atoms with Gasteiger partial charge in [0.15, 0.2) is 17.3 Å². The maximum absolute atomic E-state index is 12.0. The number of benzene rings is 1. The van der Waals surface area contributed by atoms with Gasteiger partial charge in [-0.25, -0.2) is 0 Å². The van der Waals surface area contributed by atoms with Crippen molar-refractivity contribution in [2.24, 2.45) is 0 Å². The van der Waals surface area contributed by atoms with Gasteiger partial charge < -0.3 is 14.4 Å². The molecule has 4 nitrogen and oxygen atoms in total. The van der Waals surface area contributed by atoms with Gasteiger partial charge >= 0.3 is 0 Å². The van der Waals surface area contributed by atoms with E-state index in [1.54, 1.807) is 7.11 Å². The van der Waals surface area contributed by atoms with Gasteiger partial charge in [-0.3, -0.25) is 4.79 Å². The van der Waals surface area contributed by atoms with E-state index in [-0.39, 0.29) is 5.78 Å². The second-order valence-corrected chi connectivity index (χ2v) is 4.89. The standard InChI is InChI=1S/C16H21NO3/c1-4-20-16-12(6-5-7-15(16)19-3)10-13-11-17(2)9-8-14(13)18/h5-7,10H,4,8-9,11H2,1-3H3/b13-10+. The maximum Gasteiger partial charge on any atom is 0.168 e. The third kappa shape index (κ3) is 3.20. The molecular weight excluding hydrogens is 254 g/mol. The van der Waals surface area contributed by atoms with Crippen LogP contribution >= 0.6 is 0 Å². The van der Waals surface area contributed by atoms with Crippen LogP contribution in [0.5, 0.6) is 11.5 Å². The van der Waals surface area contributed by atoms with E-state index in [9.17, 15) is 4.79 Å². The van der Waals surface area contributed by atoms with Crippen molar-refractivity contribution in [3.8, 4) is 11.5 Å². The zero-order valence-corrected chi connectivity index (χ0v) is 12.3. The third-order valence-corrected chi connectivity index (χ3v) is 3.37. The molecule has 0 bridgehead atoms. The van der Waals surface area contributed by atoms with Crippen molar-refractivity contribution in [3.05, 3.63) is 29.3 Å². The van der Waals surface area contributed by atoms with Crippen LogP contribution in [-0.4, -0.2) is 44.5 Å². The summed E-state index contributed by atoms with van der Waals surface area (Å²) in [6, 6.07) is 5.72. The van der Waals surface area contributed by atoms with E-state index < -0.39 is 0 Å². The van der Waals surface area contributed by atoms with Crippen LogP contribution in [0.15, 0.2) is 23.8 Å². The molecule has 0 spiro atoms. The fourth-order valence-electron chi connectivity index (χ4n) is 2.33. The van der Waals surface area contributed by atoms with Gasteiger partial charge in [0, 0.05) is 30.6 Å². The topological polar surface area (TPSA) is 38.8 Å². The van der Waals surface area contributed by atoms with E-state index in [0.717, 1.165) is 17.7 Å². The van der Waals surface area contributed by atoms with Gasteiger partial charge in [0.25, 0.3) is 0 Å². The van der Waals surface area contributed by atoms with E-state index in [1.807, 2.05) is 38.2 Å². The summed E-state index contributed by atoms with van der Waals surface area (Å²) in [6.07, 6.45) is 2.50. The predicted octanol–water partition coefficient (Wildman–Crippen LogP) is 2.38. The Hall–Kier alpha value is -1.81. The van der Waals surface area contributed by atoms with E-state index in [1.165, 1.54) is 0 Å². The number of Topliss-reactive ketones (excluding diaryl/α,β-unsaturated/α-hetero) is 1. The smallest absolute Gasteiger partial charge is 0.168 e. The number of likely N-dealkylation sites (N-methyl/N-ethyl adjacent to an activating group) is 1. The maximum atomic E-state index is 12.0. The molecule has 0 N–H and O–H groups in total. The Morgan fingerprint density at radius 1 is 1.40 bits per heavy atom. The average Bonchev–Trinajstić information content (AvgIpc) is 2.45. The van der Waals surface area contributed by atoms with Gasteiger partial charge in [-0.05, 0) is 26.1 Å². The average molecular weight is 275 g/mol. The summed E-state index contributed by atoms with van der Waals surface area (Å²) in [5.41, 5.74) is 1.72. The van der Waals surface area contributed by atoms with Crippen molar-refractivity contribution < 1.29 is 14.3 Å². The SMILES string of the molecule is CCOc1c(/C=C2\CN(C)CCC2=O)cccc1OC. The summed E-state index contributed by atoms with van der Waals surface area (Å²) in [7, 11) is 3.64. The van der Waals surface area contributed by atoms with Crippen molar-refractivity contribution >= 4 is 11.9 Å². The molecule has 1 aliphatic heterocycles. The fraction of sp³-hybridized carbons (Fsp3) is 0.438. The molecule has 0 unspecified atom stereocenters. The van der Waals surface area contributed by atoms with Crippen LogP contribution < -0.4 is 9.47 Å². The van der Waals surface area contributed by atoms with Crippen LogP contribution in [0.3, 0.4) is 0 Å². The zero-order valence-electron chi connectivity index (χ0n) is 12.3. The first-order valence-electron chi connectivity index (χ1n) is 6.87. The Balaban J connectivity index is 2.38. The second-order valence-electron chi connectivity index (χ2n) is 4.89. The summed E-state index contributed by atoms with van der Waals surface area (Å²) in [6.45, 7) is 4.00. The number of hydrogen-bond donors (Lipinski definition) is 0. The first-order valence-corrected chi connectivity index (χ1v) is 6.87. The van der Waals surface area contributed by atoms with Gasteiger partial charge in [0.05, 0.1) is 13.7 Å². The number of piperidine rings is 1. The second kappa shape index (κ2) is 6.57. The molecule has 4 heteroatoms. The van der Waals surface area contributed by atoms with Crippen LogP contribution in [0.25, 0.3) is 6.08 Å². The lowest BCUT2D eigenvalue weighted by Gasteiger charge is -2.23. The number of hydrogen-bond acceptors (Lipinski definition) is 4. The Kier molecular flexibility index (Phi) is 4.79. The van der Waals surface area contributed by atoms with Crippen LogP contribution in [0.1, 0.15) is 18.9 Å². The molecule has 1 heterocycles. The van der Waals surface area contributed by atoms with Crippen LogP contribution in [0.2, 0.25) is 0 Å². The molecule has 1 aromatic carbocycles. The summed E-state index contributed by atoms with van der Waals surface area (Å²) in [5, 5.41) is 0. The molecule has 0 saturated carbocycles. The van der Waals surface area contributed by atoms with E-state index in [2.05, 4.69) is 4.90 Å². The Bertz CT molecular complexity index is 522. The van der Waals surface area contributed by atoms with Crippen molar-refractivity contribution in [1.82, 2.24) is 4.90 Å². The lowest BCUT2D eigenvalue weighted by Crippen LogP contribution is -2.32. The first-order chi connectivity index (χ1) is 9.65. The molecule has 0 atom stereocenters. The number of likely N-dealkylation sites (tertiary alicyclic amines) is 1. The Morgan fingerprint density at radius 3 is 2.90 bits per heavy atom. The van der Waals surface area contributed by atoms with Gasteiger partial charge in [-0.15, -0.1) is 0 Å². The van der Waals surface area contributed by atoms with E-state index in [0.29, 0.717) is 31.1 Å². The molecule has 20 heavy (non-hydrogen) atoms. The van der Waals surface area contributed by atoms with Gasteiger partial charge in [0.1, 0.15) is 0 Å². The van der Waals surface area contributed by atoms with E-state index in [4.69, 9.17) is 9.47 Å². The molecule has 2 rings (SSSR count). The lowest BCUT2D eigenvalue weighted by atomic mass is 10.0. The highest BCUT2D eigenvalue weighted by atomic mass is 16.5. The van der Waals surface area contributed by atoms with Gasteiger partial charge in [-0.2, -0.15) is 0 Å². The highest BCUT2D eigenvalue weighted by molar-refractivity contribution is 6.01. The van der Waals surface area contributed by atoms with Gasteiger partial charge in [0.2, 0.25) is 0 Å². The fourth-order valence-corrected chi connectivity index (χ4v) is 2.33. The highest BCUT2D eigenvalue weighted by Crippen LogP contribution is 2.33. The molecule has 108 valence electrons. The molecular formula is C16H21NO3. The predicted molar refractivity (Wildman–Crippen MR) is 79.3 cm³/mol. The molecule has 1 aliphatic rings. The highest BCUT2D eigenvalue weighted by Gasteiger charge is 2.19. The van der Waals surface area contributed by atoms with Crippen molar-refractivity contribution in [2.75, 3.05) is 33.9 Å². The van der Waals surface area contributed by atoms with Crippen molar-refractivity contribution in [3.63, 3.8) is 0 Å². The number of carbonyl (C=O) groups excluding carboxylic acids is 1. The number of ketones is 1. The number of ether oxygens (including phenoxy) is 2. The monoisotopic (exact) mass is 275 g/mol. The molecule has 0 amide bonds. The Morgan fingerprint density at radius 2 is 2.20 bits per heavy atom. The zero-order chi connectivity index (χ0) is 14.5. The Labute approximate surface area is 120 Å². The minimum Gasteiger partial charge on any atom is -0.493 e. The van der Waals surface area contributed by atoms with Crippen molar-refractivity contribution in [2.45, 2.75) is 13.3 Å².